The van der Waals surface area contributed by atoms with Gasteiger partial charge in [0, 0.05) is 29.2 Å². The maximum absolute atomic E-state index is 13.7. The van der Waals surface area contributed by atoms with Crippen molar-refractivity contribution in [3.63, 3.8) is 0 Å². The minimum Gasteiger partial charge on any atom is -0.465 e. The molecule has 7 nitrogen and oxygen atoms in total. The number of nitrogens with one attached hydrogen (secondary N) is 1. The number of ether oxygens (including phenoxy) is 1. The van der Waals surface area contributed by atoms with Gasteiger partial charge in [-0.3, -0.25) is 4.79 Å². The summed E-state index contributed by atoms with van der Waals surface area (Å²) in [5.41, 5.74) is 1.34. The van der Waals surface area contributed by atoms with Crippen molar-refractivity contribution in [1.82, 2.24) is 4.31 Å². The predicted molar refractivity (Wildman–Crippen MR) is 139 cm³/mol. The first-order valence-corrected chi connectivity index (χ1v) is 13.8. The van der Waals surface area contributed by atoms with Crippen molar-refractivity contribution in [2.24, 2.45) is 5.92 Å². The average molecular weight is 507 g/mol. The summed E-state index contributed by atoms with van der Waals surface area (Å²) in [6.45, 7) is 0.576. The van der Waals surface area contributed by atoms with Crippen LogP contribution in [0.15, 0.2) is 65.6 Å². The summed E-state index contributed by atoms with van der Waals surface area (Å²) in [5.74, 6) is -0.152. The van der Waals surface area contributed by atoms with Gasteiger partial charge in [-0.2, -0.15) is 4.31 Å². The third kappa shape index (κ3) is 4.75. The van der Waals surface area contributed by atoms with E-state index in [2.05, 4.69) is 5.32 Å². The molecule has 3 aromatic carbocycles. The van der Waals surface area contributed by atoms with E-state index in [1.165, 1.54) is 13.5 Å². The lowest BCUT2D eigenvalue weighted by Crippen LogP contribution is -2.41. The molecule has 1 aliphatic heterocycles. The number of sulfonamides is 1. The first-order chi connectivity index (χ1) is 17.4. The molecule has 2 aliphatic rings. The first kappa shape index (κ1) is 24.5. The van der Waals surface area contributed by atoms with E-state index in [9.17, 15) is 18.0 Å². The van der Waals surface area contributed by atoms with Gasteiger partial charge in [-0.1, -0.05) is 31.0 Å². The third-order valence-electron chi connectivity index (χ3n) is 7.43. The zero-order valence-electron chi connectivity index (χ0n) is 20.3. The molecule has 1 saturated heterocycles. The molecule has 8 heteroatoms. The molecule has 36 heavy (non-hydrogen) atoms. The summed E-state index contributed by atoms with van der Waals surface area (Å²) in [4.78, 5) is 24.8. The molecule has 2 atom stereocenters. The fourth-order valence-electron chi connectivity index (χ4n) is 5.56. The number of carbonyl (C=O) groups is 2. The normalized spacial score (nSPS) is 20.5. The minimum atomic E-state index is -3.61. The van der Waals surface area contributed by atoms with E-state index in [-0.39, 0.29) is 11.9 Å². The van der Waals surface area contributed by atoms with Crippen LogP contribution in [-0.4, -0.2) is 44.3 Å². The molecule has 2 fully saturated rings. The fraction of sp³-hybridized carbons (Fsp3) is 0.357. The van der Waals surface area contributed by atoms with Gasteiger partial charge in [-0.25, -0.2) is 13.2 Å². The monoisotopic (exact) mass is 506 g/mol. The van der Waals surface area contributed by atoms with Crippen molar-refractivity contribution in [1.29, 1.82) is 0 Å². The quantitative estimate of drug-likeness (QED) is 0.479. The minimum absolute atomic E-state index is 0.0862. The molecule has 0 spiro atoms. The Hall–Kier alpha value is -3.23. The van der Waals surface area contributed by atoms with Crippen molar-refractivity contribution in [2.45, 2.75) is 49.5 Å². The highest BCUT2D eigenvalue weighted by atomic mass is 32.2. The fourth-order valence-corrected chi connectivity index (χ4v) is 7.30. The SMILES string of the molecule is COC(=O)c1ccc(C(=O)Nc2cccc3cc(S(=O)(=O)N4CCCC5CCCC4C5)ccc23)cc1. The molecule has 1 N–H and O–H groups in total. The number of carbonyl (C=O) groups excluding carboxylic acids is 2. The van der Waals surface area contributed by atoms with Crippen LogP contribution in [0.1, 0.15) is 59.2 Å². The molecular weight excluding hydrogens is 476 g/mol. The number of hydrogen-bond donors (Lipinski definition) is 1. The number of methoxy groups -OCH3 is 1. The number of rotatable bonds is 5. The Morgan fingerprint density at radius 1 is 0.944 bits per heavy atom. The Labute approximate surface area is 211 Å². The van der Waals surface area contributed by atoms with Gasteiger partial charge in [0.15, 0.2) is 0 Å². The van der Waals surface area contributed by atoms with Crippen LogP contribution in [0.3, 0.4) is 0 Å². The lowest BCUT2D eigenvalue weighted by atomic mass is 9.84. The summed E-state index contributed by atoms with van der Waals surface area (Å²) in [5, 5.41) is 4.40. The van der Waals surface area contributed by atoms with Crippen molar-refractivity contribution < 1.29 is 22.7 Å². The standard InChI is InChI=1S/C28H30N2O5S/c1-35-28(32)21-12-10-20(11-13-21)27(31)29-26-9-3-7-22-18-24(14-15-25(22)26)36(33,34)30-16-4-6-19-5-2-8-23(30)17-19/h3,7,9-15,18-19,23H,2,4-6,8,16-17H2,1H3,(H,29,31). The van der Waals surface area contributed by atoms with E-state index in [4.69, 9.17) is 4.74 Å². The van der Waals surface area contributed by atoms with Gasteiger partial charge < -0.3 is 10.1 Å². The van der Waals surface area contributed by atoms with Gasteiger partial charge in [0.2, 0.25) is 10.0 Å². The molecule has 2 unspecified atom stereocenters. The van der Waals surface area contributed by atoms with E-state index in [0.29, 0.717) is 34.2 Å². The molecule has 1 saturated carbocycles. The van der Waals surface area contributed by atoms with Crippen molar-refractivity contribution in [3.8, 4) is 0 Å². The second-order valence-corrected chi connectivity index (χ2v) is 11.5. The van der Waals surface area contributed by atoms with E-state index < -0.39 is 16.0 Å². The molecule has 188 valence electrons. The first-order valence-electron chi connectivity index (χ1n) is 12.4. The lowest BCUT2D eigenvalue weighted by molar-refractivity contribution is 0.0600. The van der Waals surface area contributed by atoms with Crippen molar-refractivity contribution >= 4 is 38.4 Å². The molecule has 0 radical (unpaired) electrons. The Balaban J connectivity index is 1.39. The Morgan fingerprint density at radius 3 is 2.47 bits per heavy atom. The van der Waals surface area contributed by atoms with Gasteiger partial charge in [0.05, 0.1) is 17.6 Å². The van der Waals surface area contributed by atoms with Gasteiger partial charge >= 0.3 is 5.97 Å². The molecule has 0 aromatic heterocycles. The van der Waals surface area contributed by atoms with Crippen molar-refractivity contribution in [2.75, 3.05) is 19.0 Å². The van der Waals surface area contributed by atoms with Crippen LogP contribution in [0.2, 0.25) is 0 Å². The van der Waals surface area contributed by atoms with Crippen LogP contribution < -0.4 is 5.32 Å². The van der Waals surface area contributed by atoms with Crippen molar-refractivity contribution in [3.05, 3.63) is 71.8 Å². The highest BCUT2D eigenvalue weighted by molar-refractivity contribution is 7.89. The van der Waals surface area contributed by atoms with Gasteiger partial charge in [-0.15, -0.1) is 0 Å². The topological polar surface area (TPSA) is 92.8 Å². The average Bonchev–Trinajstić information content (AvgIpc) is 3.05. The van der Waals surface area contributed by atoms with E-state index >= 15 is 0 Å². The van der Waals surface area contributed by atoms with E-state index in [1.54, 1.807) is 58.9 Å². The Morgan fingerprint density at radius 2 is 1.69 bits per heavy atom. The summed E-state index contributed by atoms with van der Waals surface area (Å²) < 4.78 is 33.7. The van der Waals surface area contributed by atoms with Gasteiger partial charge in [0.1, 0.15) is 0 Å². The molecule has 5 rings (SSSR count). The Kier molecular flexibility index (Phi) is 6.81. The zero-order chi connectivity index (χ0) is 25.3. The number of fused-ring (bicyclic) bond motifs is 3. The highest BCUT2D eigenvalue weighted by Crippen LogP contribution is 2.37. The second-order valence-electron chi connectivity index (χ2n) is 9.66. The largest absolute Gasteiger partial charge is 0.465 e. The molecule has 1 aliphatic carbocycles. The number of anilines is 1. The number of esters is 1. The second kappa shape index (κ2) is 10.0. The van der Waals surface area contributed by atoms with Gasteiger partial charge in [0.25, 0.3) is 5.91 Å². The molecule has 1 amide bonds. The van der Waals surface area contributed by atoms with Crippen LogP contribution >= 0.6 is 0 Å². The number of hydrogen-bond acceptors (Lipinski definition) is 5. The lowest BCUT2D eigenvalue weighted by Gasteiger charge is -2.33. The van der Waals surface area contributed by atoms with E-state index in [0.717, 1.165) is 42.9 Å². The van der Waals surface area contributed by atoms with Crippen LogP contribution in [0.5, 0.6) is 0 Å². The maximum atomic E-state index is 13.7. The van der Waals surface area contributed by atoms with Crippen LogP contribution in [0.4, 0.5) is 5.69 Å². The molecule has 2 bridgehead atoms. The van der Waals surface area contributed by atoms with Crippen LogP contribution in [-0.2, 0) is 14.8 Å². The number of nitrogens with zero attached hydrogens (tertiary/aromatic N) is 1. The zero-order valence-corrected chi connectivity index (χ0v) is 21.1. The predicted octanol–water partition coefficient (Wildman–Crippen LogP) is 5.22. The molecular formula is C28H30N2O5S. The maximum Gasteiger partial charge on any atom is 0.337 e. The smallest absolute Gasteiger partial charge is 0.337 e. The van der Waals surface area contributed by atoms with Crippen LogP contribution in [0.25, 0.3) is 10.8 Å². The summed E-state index contributed by atoms with van der Waals surface area (Å²) in [6.07, 6.45) is 6.21. The van der Waals surface area contributed by atoms with Gasteiger partial charge in [-0.05, 0) is 79.5 Å². The van der Waals surface area contributed by atoms with Crippen LogP contribution in [0, 0.1) is 5.92 Å². The summed E-state index contributed by atoms with van der Waals surface area (Å²) in [6, 6.07) is 16.8. The summed E-state index contributed by atoms with van der Waals surface area (Å²) >= 11 is 0. The third-order valence-corrected chi connectivity index (χ3v) is 9.38. The molecule has 1 heterocycles. The molecule has 3 aromatic rings. The summed E-state index contributed by atoms with van der Waals surface area (Å²) in [7, 11) is -2.31. The Bertz CT molecular complexity index is 1400. The number of benzene rings is 3. The highest BCUT2D eigenvalue weighted by Gasteiger charge is 2.36. The number of amides is 1. The van der Waals surface area contributed by atoms with E-state index in [1.807, 2.05) is 6.07 Å².